The third-order valence-electron chi connectivity index (χ3n) is 4.33. The molecule has 3 rings (SSSR count). The molecule has 10 nitrogen and oxygen atoms in total. The number of rotatable bonds is 6. The second-order valence-corrected chi connectivity index (χ2v) is 6.81. The van der Waals surface area contributed by atoms with Crippen LogP contribution in [0.2, 0.25) is 5.02 Å². The number of ether oxygens (including phenoxy) is 1. The second-order valence-electron chi connectivity index (χ2n) is 6.40. The van der Waals surface area contributed by atoms with Crippen LogP contribution in [0.25, 0.3) is 0 Å². The summed E-state index contributed by atoms with van der Waals surface area (Å²) in [7, 11) is 0. The molecule has 12 heteroatoms. The number of nitro groups is 1. The predicted octanol–water partition coefficient (Wildman–Crippen LogP) is 2.55. The lowest BCUT2D eigenvalue weighted by molar-refractivity contribution is -0.385. The zero-order chi connectivity index (χ0) is 22.9. The first kappa shape index (κ1) is 21.8. The summed E-state index contributed by atoms with van der Waals surface area (Å²) in [4.78, 5) is 60.0. The zero-order valence-corrected chi connectivity index (χ0v) is 16.5. The molecule has 0 spiro atoms. The minimum atomic E-state index is -1.35. The molecular formula is C19H13ClFN3O7. The number of carbonyl (C=O) groups is 4. The number of imide groups is 1. The van der Waals surface area contributed by atoms with E-state index in [2.05, 4.69) is 5.32 Å². The Morgan fingerprint density at radius 3 is 2.61 bits per heavy atom. The number of halogens is 2. The van der Waals surface area contributed by atoms with E-state index in [0.717, 1.165) is 18.2 Å². The van der Waals surface area contributed by atoms with Gasteiger partial charge in [-0.05, 0) is 31.2 Å². The van der Waals surface area contributed by atoms with Gasteiger partial charge in [-0.25, -0.2) is 4.39 Å². The van der Waals surface area contributed by atoms with Gasteiger partial charge in [-0.1, -0.05) is 17.7 Å². The Morgan fingerprint density at radius 2 is 1.97 bits per heavy atom. The fourth-order valence-electron chi connectivity index (χ4n) is 2.85. The molecule has 1 aliphatic rings. The van der Waals surface area contributed by atoms with Crippen LogP contribution in [0.1, 0.15) is 27.6 Å². The summed E-state index contributed by atoms with van der Waals surface area (Å²) in [6, 6.07) is 6.82. The third kappa shape index (κ3) is 4.36. The number of nitrogens with zero attached hydrogens (tertiary/aromatic N) is 2. The highest BCUT2D eigenvalue weighted by atomic mass is 35.5. The number of anilines is 1. The number of nitrogens with one attached hydrogen (secondary N) is 1. The van der Waals surface area contributed by atoms with Crippen LogP contribution in [0.15, 0.2) is 36.4 Å². The van der Waals surface area contributed by atoms with Crippen LogP contribution in [-0.2, 0) is 14.3 Å². The quantitative estimate of drug-likeness (QED) is 0.309. The van der Waals surface area contributed by atoms with E-state index in [-0.39, 0.29) is 16.3 Å². The van der Waals surface area contributed by atoms with Crippen molar-refractivity contribution in [3.05, 3.63) is 68.5 Å². The summed E-state index contributed by atoms with van der Waals surface area (Å²) in [5, 5.41) is 13.4. The molecule has 0 bridgehead atoms. The molecule has 0 aliphatic carbocycles. The Hall–Kier alpha value is -3.86. The smallest absolute Gasteiger partial charge is 0.326 e. The van der Waals surface area contributed by atoms with Crippen molar-refractivity contribution < 1.29 is 33.2 Å². The summed E-state index contributed by atoms with van der Waals surface area (Å²) < 4.78 is 18.0. The SMILES string of the molecule is C[C@@H](OC(=O)CN1C(=O)c2cccc([N+](=O)[O-])c2C1=O)C(=O)Nc1ccc(F)cc1Cl. The molecule has 1 atom stereocenters. The van der Waals surface area contributed by atoms with E-state index < -0.39 is 58.3 Å². The van der Waals surface area contributed by atoms with Gasteiger partial charge >= 0.3 is 5.97 Å². The normalized spacial score (nSPS) is 13.6. The Balaban J connectivity index is 1.66. The molecule has 0 radical (unpaired) electrons. The van der Waals surface area contributed by atoms with Crippen molar-refractivity contribution >= 4 is 46.7 Å². The number of amides is 3. The summed E-state index contributed by atoms with van der Waals surface area (Å²) in [5.74, 6) is -4.40. The molecule has 2 aromatic rings. The van der Waals surface area contributed by atoms with E-state index in [1.54, 1.807) is 0 Å². The van der Waals surface area contributed by atoms with Crippen LogP contribution in [-0.4, -0.2) is 46.2 Å². The second kappa shape index (κ2) is 8.48. The minimum absolute atomic E-state index is 0.0699. The van der Waals surface area contributed by atoms with Gasteiger partial charge < -0.3 is 10.1 Å². The van der Waals surface area contributed by atoms with E-state index >= 15 is 0 Å². The molecule has 3 amide bonds. The van der Waals surface area contributed by atoms with Crippen molar-refractivity contribution in [1.82, 2.24) is 4.90 Å². The molecule has 160 valence electrons. The van der Waals surface area contributed by atoms with Gasteiger partial charge in [-0.15, -0.1) is 0 Å². The largest absolute Gasteiger partial charge is 0.451 e. The number of benzene rings is 2. The molecular weight excluding hydrogens is 437 g/mol. The van der Waals surface area contributed by atoms with Crippen molar-refractivity contribution in [2.45, 2.75) is 13.0 Å². The van der Waals surface area contributed by atoms with Crippen molar-refractivity contribution in [3.8, 4) is 0 Å². The number of hydrogen-bond donors (Lipinski definition) is 1. The van der Waals surface area contributed by atoms with Crippen molar-refractivity contribution in [2.24, 2.45) is 0 Å². The van der Waals surface area contributed by atoms with Crippen LogP contribution in [0, 0.1) is 15.9 Å². The average Bonchev–Trinajstić information content (AvgIpc) is 2.94. The molecule has 2 aromatic carbocycles. The summed E-state index contributed by atoms with van der Waals surface area (Å²) >= 11 is 5.82. The first-order valence-electron chi connectivity index (χ1n) is 8.69. The van der Waals surface area contributed by atoms with Crippen molar-refractivity contribution in [1.29, 1.82) is 0 Å². The summed E-state index contributed by atoms with van der Waals surface area (Å²) in [5.41, 5.74) is -1.09. The molecule has 1 aliphatic heterocycles. The molecule has 0 saturated carbocycles. The van der Waals surface area contributed by atoms with Gasteiger partial charge in [0.05, 0.1) is 21.2 Å². The molecule has 0 unspecified atom stereocenters. The summed E-state index contributed by atoms with van der Waals surface area (Å²) in [6.07, 6.45) is -1.35. The highest BCUT2D eigenvalue weighted by Crippen LogP contribution is 2.30. The van der Waals surface area contributed by atoms with Gasteiger partial charge in [0.2, 0.25) is 0 Å². The zero-order valence-electron chi connectivity index (χ0n) is 15.8. The van der Waals surface area contributed by atoms with Gasteiger partial charge in [0, 0.05) is 6.07 Å². The Kier molecular flexibility index (Phi) is 5.97. The van der Waals surface area contributed by atoms with E-state index in [0.29, 0.717) is 4.90 Å². The van der Waals surface area contributed by atoms with Crippen LogP contribution in [0.4, 0.5) is 15.8 Å². The van der Waals surface area contributed by atoms with E-state index in [4.69, 9.17) is 16.3 Å². The average molecular weight is 450 g/mol. The van der Waals surface area contributed by atoms with Crippen LogP contribution < -0.4 is 5.32 Å². The fourth-order valence-corrected chi connectivity index (χ4v) is 3.07. The molecule has 31 heavy (non-hydrogen) atoms. The first-order valence-corrected chi connectivity index (χ1v) is 9.07. The van der Waals surface area contributed by atoms with Gasteiger partial charge in [0.1, 0.15) is 17.9 Å². The molecule has 0 aromatic heterocycles. The molecule has 1 N–H and O–H groups in total. The number of fused-ring (bicyclic) bond motifs is 1. The van der Waals surface area contributed by atoms with E-state index in [9.17, 15) is 33.7 Å². The highest BCUT2D eigenvalue weighted by Gasteiger charge is 2.42. The predicted molar refractivity (Wildman–Crippen MR) is 104 cm³/mol. The lowest BCUT2D eigenvalue weighted by atomic mass is 10.1. The number of carbonyl (C=O) groups excluding carboxylic acids is 4. The van der Waals surface area contributed by atoms with Crippen LogP contribution >= 0.6 is 11.6 Å². The Bertz CT molecular complexity index is 1140. The van der Waals surface area contributed by atoms with Crippen molar-refractivity contribution in [2.75, 3.05) is 11.9 Å². The van der Waals surface area contributed by atoms with Gasteiger partial charge in [0.25, 0.3) is 23.4 Å². The Labute approximate surface area is 178 Å². The first-order chi connectivity index (χ1) is 14.6. The van der Waals surface area contributed by atoms with E-state index in [1.807, 2.05) is 0 Å². The lowest BCUT2D eigenvalue weighted by Gasteiger charge is -2.17. The highest BCUT2D eigenvalue weighted by molar-refractivity contribution is 6.33. The standard InChI is InChI=1S/C19H13ClFN3O7/c1-9(17(26)22-13-6-5-10(21)7-12(13)20)31-15(25)8-23-18(27)11-3-2-4-14(24(29)30)16(11)19(23)28/h2-7,9H,8H2,1H3,(H,22,26)/t9-/m1/s1. The van der Waals surface area contributed by atoms with Gasteiger partial charge in [-0.3, -0.25) is 34.2 Å². The maximum Gasteiger partial charge on any atom is 0.326 e. The monoisotopic (exact) mass is 449 g/mol. The van der Waals surface area contributed by atoms with E-state index in [1.165, 1.54) is 25.1 Å². The minimum Gasteiger partial charge on any atom is -0.451 e. The molecule has 1 heterocycles. The lowest BCUT2D eigenvalue weighted by Crippen LogP contribution is -2.38. The Morgan fingerprint density at radius 1 is 1.26 bits per heavy atom. The number of nitro benzene ring substituents is 1. The van der Waals surface area contributed by atoms with Crippen LogP contribution in [0.3, 0.4) is 0 Å². The third-order valence-corrected chi connectivity index (χ3v) is 4.64. The molecule has 0 saturated heterocycles. The van der Waals surface area contributed by atoms with Crippen LogP contribution in [0.5, 0.6) is 0 Å². The van der Waals surface area contributed by atoms with Gasteiger partial charge in [-0.2, -0.15) is 0 Å². The fraction of sp³-hybridized carbons (Fsp3) is 0.158. The topological polar surface area (TPSA) is 136 Å². The number of esters is 1. The molecule has 0 fully saturated rings. The van der Waals surface area contributed by atoms with Gasteiger partial charge in [0.15, 0.2) is 6.10 Å². The van der Waals surface area contributed by atoms with Crippen molar-refractivity contribution in [3.63, 3.8) is 0 Å². The maximum absolute atomic E-state index is 13.1. The number of hydrogen-bond acceptors (Lipinski definition) is 7. The maximum atomic E-state index is 13.1. The summed E-state index contributed by atoms with van der Waals surface area (Å²) in [6.45, 7) is 0.385.